The Morgan fingerprint density at radius 3 is 2.31 bits per heavy atom. The SMILES string of the molecule is Cc1ccc(C)c(S(=O)(=O)C2(C(=O)N3CCN(c4ncc(Cl)cc4Cl)CC3)CCCC2)c1. The summed E-state index contributed by atoms with van der Waals surface area (Å²) in [5, 5.41) is 0.925. The molecule has 2 aromatic rings. The van der Waals surface area contributed by atoms with Crippen molar-refractivity contribution in [3.8, 4) is 0 Å². The maximum absolute atomic E-state index is 13.9. The molecule has 0 radical (unpaired) electrons. The third kappa shape index (κ3) is 3.99. The number of rotatable bonds is 4. The number of aryl methyl sites for hydroxylation is 2. The molecular formula is C23H27Cl2N3O3S. The minimum Gasteiger partial charge on any atom is -0.352 e. The smallest absolute Gasteiger partial charge is 0.244 e. The first-order valence-corrected chi connectivity index (χ1v) is 13.1. The van der Waals surface area contributed by atoms with E-state index in [-0.39, 0.29) is 10.8 Å². The van der Waals surface area contributed by atoms with E-state index in [0.717, 1.165) is 18.4 Å². The molecule has 1 saturated heterocycles. The molecule has 1 aliphatic heterocycles. The van der Waals surface area contributed by atoms with Gasteiger partial charge in [-0.1, -0.05) is 48.2 Å². The number of piperazine rings is 1. The Balaban J connectivity index is 1.59. The van der Waals surface area contributed by atoms with Crippen LogP contribution in [0, 0.1) is 13.8 Å². The van der Waals surface area contributed by atoms with E-state index < -0.39 is 14.6 Å². The highest BCUT2D eigenvalue weighted by atomic mass is 35.5. The number of benzene rings is 1. The van der Waals surface area contributed by atoms with E-state index in [2.05, 4.69) is 4.98 Å². The van der Waals surface area contributed by atoms with Crippen molar-refractivity contribution in [1.82, 2.24) is 9.88 Å². The summed E-state index contributed by atoms with van der Waals surface area (Å²) >= 11 is 12.2. The molecule has 1 aromatic carbocycles. The lowest BCUT2D eigenvalue weighted by Crippen LogP contribution is -2.57. The van der Waals surface area contributed by atoms with Gasteiger partial charge in [-0.25, -0.2) is 13.4 Å². The number of hydrogen-bond acceptors (Lipinski definition) is 5. The highest BCUT2D eigenvalue weighted by molar-refractivity contribution is 7.93. The van der Waals surface area contributed by atoms with Crippen LogP contribution < -0.4 is 4.90 Å². The molecule has 0 unspecified atom stereocenters. The van der Waals surface area contributed by atoms with Crippen molar-refractivity contribution in [3.63, 3.8) is 0 Å². The van der Waals surface area contributed by atoms with Crippen LogP contribution >= 0.6 is 23.2 Å². The third-order valence-corrected chi connectivity index (χ3v) is 9.72. The van der Waals surface area contributed by atoms with Gasteiger partial charge in [0.15, 0.2) is 14.6 Å². The molecule has 9 heteroatoms. The second-order valence-electron chi connectivity index (χ2n) is 8.71. The lowest BCUT2D eigenvalue weighted by atomic mass is 10.0. The average molecular weight is 496 g/mol. The number of hydrogen-bond donors (Lipinski definition) is 0. The summed E-state index contributed by atoms with van der Waals surface area (Å²) in [6.45, 7) is 5.56. The molecule has 4 rings (SSSR count). The molecular weight excluding hydrogens is 469 g/mol. The molecule has 6 nitrogen and oxygen atoms in total. The van der Waals surface area contributed by atoms with E-state index in [9.17, 15) is 13.2 Å². The number of amides is 1. The summed E-state index contributed by atoms with van der Waals surface area (Å²) in [6.07, 6.45) is 3.75. The summed E-state index contributed by atoms with van der Waals surface area (Å²) in [6, 6.07) is 7.06. The topological polar surface area (TPSA) is 70.6 Å². The van der Waals surface area contributed by atoms with Crippen molar-refractivity contribution in [3.05, 3.63) is 51.6 Å². The fraction of sp³-hybridized carbons (Fsp3) is 0.478. The molecule has 1 saturated carbocycles. The van der Waals surface area contributed by atoms with Crippen LogP contribution in [0.1, 0.15) is 36.8 Å². The Kier molecular flexibility index (Phi) is 6.45. The number of sulfone groups is 1. The molecule has 1 aromatic heterocycles. The Hall–Kier alpha value is -1.83. The van der Waals surface area contributed by atoms with Crippen LogP contribution in [0.25, 0.3) is 0 Å². The minimum atomic E-state index is -3.83. The van der Waals surface area contributed by atoms with Crippen LogP contribution in [-0.4, -0.2) is 55.1 Å². The summed E-state index contributed by atoms with van der Waals surface area (Å²) in [5.41, 5.74) is 1.55. The van der Waals surface area contributed by atoms with Crippen molar-refractivity contribution >= 4 is 44.8 Å². The molecule has 0 N–H and O–H groups in total. The van der Waals surface area contributed by atoms with Gasteiger partial charge in [0.05, 0.1) is 14.9 Å². The number of anilines is 1. The van der Waals surface area contributed by atoms with Gasteiger partial charge >= 0.3 is 0 Å². The average Bonchev–Trinajstić information content (AvgIpc) is 3.27. The molecule has 2 aliphatic rings. The zero-order valence-corrected chi connectivity index (χ0v) is 20.6. The van der Waals surface area contributed by atoms with Crippen molar-refractivity contribution < 1.29 is 13.2 Å². The predicted octanol–water partition coefficient (Wildman–Crippen LogP) is 4.44. The lowest BCUT2D eigenvalue weighted by Gasteiger charge is -2.40. The molecule has 1 amide bonds. The summed E-state index contributed by atoms with van der Waals surface area (Å²) in [4.78, 5) is 22.1. The van der Waals surface area contributed by atoms with Gasteiger partial charge < -0.3 is 9.80 Å². The quantitative estimate of drug-likeness (QED) is 0.626. The van der Waals surface area contributed by atoms with E-state index in [4.69, 9.17) is 23.2 Å². The number of aromatic nitrogens is 1. The maximum Gasteiger partial charge on any atom is 0.244 e. The monoisotopic (exact) mass is 495 g/mol. The van der Waals surface area contributed by atoms with Crippen molar-refractivity contribution in [2.75, 3.05) is 31.1 Å². The minimum absolute atomic E-state index is 0.272. The highest BCUT2D eigenvalue weighted by Crippen LogP contribution is 2.43. The Bertz CT molecular complexity index is 1140. The Morgan fingerprint density at radius 2 is 1.69 bits per heavy atom. The third-order valence-electron chi connectivity index (χ3n) is 6.60. The standard InChI is InChI=1S/C23H27Cl2N3O3S/c1-16-5-6-17(2)20(13-16)32(30,31)23(7-3-4-8-23)22(29)28-11-9-27(10-12-28)21-19(25)14-18(24)15-26-21/h5-6,13-15H,3-4,7-12H2,1-2H3. The second kappa shape index (κ2) is 8.84. The fourth-order valence-corrected chi connectivity index (χ4v) is 7.74. The van der Waals surface area contributed by atoms with Gasteiger partial charge in [-0.05, 0) is 49.9 Å². The van der Waals surface area contributed by atoms with E-state index in [1.807, 2.05) is 24.0 Å². The van der Waals surface area contributed by atoms with E-state index in [0.29, 0.717) is 60.4 Å². The number of halogens is 2. The number of carbonyl (C=O) groups is 1. The zero-order valence-electron chi connectivity index (χ0n) is 18.3. The molecule has 2 heterocycles. The summed E-state index contributed by atoms with van der Waals surface area (Å²) < 4.78 is 26.4. The normalized spacial score (nSPS) is 18.8. The Labute approximate surface area is 199 Å². The maximum atomic E-state index is 13.9. The van der Waals surface area contributed by atoms with E-state index in [1.165, 1.54) is 0 Å². The van der Waals surface area contributed by atoms with Crippen LogP contribution in [0.2, 0.25) is 10.0 Å². The van der Waals surface area contributed by atoms with Crippen LogP contribution in [0.15, 0.2) is 35.4 Å². The lowest BCUT2D eigenvalue weighted by molar-refractivity contribution is -0.134. The van der Waals surface area contributed by atoms with E-state index in [1.54, 1.807) is 30.2 Å². The molecule has 0 atom stereocenters. The first-order chi connectivity index (χ1) is 15.2. The predicted molar refractivity (Wildman–Crippen MR) is 127 cm³/mol. The summed E-state index contributed by atoms with van der Waals surface area (Å²) in [5.74, 6) is 0.354. The van der Waals surface area contributed by atoms with Crippen LogP contribution in [-0.2, 0) is 14.6 Å². The largest absolute Gasteiger partial charge is 0.352 e. The first kappa shape index (κ1) is 23.3. The van der Waals surface area contributed by atoms with Crippen LogP contribution in [0.5, 0.6) is 0 Å². The van der Waals surface area contributed by atoms with Crippen LogP contribution in [0.4, 0.5) is 5.82 Å². The highest BCUT2D eigenvalue weighted by Gasteiger charge is 2.55. The number of carbonyl (C=O) groups excluding carboxylic acids is 1. The molecule has 0 spiro atoms. The van der Waals surface area contributed by atoms with Gasteiger partial charge in [0.1, 0.15) is 5.82 Å². The molecule has 0 bridgehead atoms. The van der Waals surface area contributed by atoms with Crippen molar-refractivity contribution in [2.24, 2.45) is 0 Å². The fourth-order valence-electron chi connectivity index (χ4n) is 4.80. The molecule has 1 aliphatic carbocycles. The molecule has 172 valence electrons. The zero-order chi connectivity index (χ0) is 23.1. The van der Waals surface area contributed by atoms with Gasteiger partial charge in [-0.3, -0.25) is 4.79 Å². The van der Waals surface area contributed by atoms with Gasteiger partial charge in [-0.15, -0.1) is 0 Å². The molecule has 32 heavy (non-hydrogen) atoms. The molecule has 2 fully saturated rings. The Morgan fingerprint density at radius 1 is 1.03 bits per heavy atom. The second-order valence-corrected chi connectivity index (χ2v) is 11.8. The van der Waals surface area contributed by atoms with Crippen molar-refractivity contribution in [1.29, 1.82) is 0 Å². The summed E-state index contributed by atoms with van der Waals surface area (Å²) in [7, 11) is -3.83. The number of pyridine rings is 1. The number of nitrogens with zero attached hydrogens (tertiary/aromatic N) is 3. The van der Waals surface area contributed by atoms with E-state index >= 15 is 0 Å². The first-order valence-electron chi connectivity index (χ1n) is 10.8. The van der Waals surface area contributed by atoms with Gasteiger partial charge in [0.2, 0.25) is 5.91 Å². The van der Waals surface area contributed by atoms with Gasteiger partial charge in [-0.2, -0.15) is 0 Å². The van der Waals surface area contributed by atoms with Gasteiger partial charge in [0, 0.05) is 32.4 Å². The van der Waals surface area contributed by atoms with Crippen LogP contribution in [0.3, 0.4) is 0 Å². The van der Waals surface area contributed by atoms with Crippen molar-refractivity contribution in [2.45, 2.75) is 49.2 Å². The van der Waals surface area contributed by atoms with Gasteiger partial charge in [0.25, 0.3) is 0 Å².